The highest BCUT2D eigenvalue weighted by molar-refractivity contribution is 7.45. The van der Waals surface area contributed by atoms with Gasteiger partial charge in [-0.2, -0.15) is 0 Å². The summed E-state index contributed by atoms with van der Waals surface area (Å²) in [6, 6.07) is 0. The average Bonchev–Trinajstić information content (AvgIpc) is 3.41. The quantitative estimate of drug-likeness (QED) is 0.0195. The number of unbranched alkanes of at least 4 members (excludes halogenated alkanes) is 37. The molecule has 0 amide bonds. The summed E-state index contributed by atoms with van der Waals surface area (Å²) >= 11 is 0. The van der Waals surface area contributed by atoms with Crippen LogP contribution in [0.25, 0.3) is 0 Å². The van der Waals surface area contributed by atoms with Crippen molar-refractivity contribution in [2.45, 2.75) is 315 Å². The Labute approximate surface area is 483 Å². The van der Waals surface area contributed by atoms with Crippen LogP contribution in [0.5, 0.6) is 0 Å². The second-order valence-electron chi connectivity index (χ2n) is 23.5. The summed E-state index contributed by atoms with van der Waals surface area (Å²) < 4.78 is 34.3. The molecule has 0 spiro atoms. The largest absolute Gasteiger partial charge is 0.756 e. The molecule has 2 unspecified atom stereocenters. The number of quaternary nitrogens is 1. The SMILES string of the molecule is CCCCCCC/C=C\C/C=C\C/C=C\CCCCCCCCCCCCCCC(=O)OC(COC(=O)CCCCCCCCCCCCCCCCC/C=C\C/C=C\CCCCCCC)COP(=O)([O-])OCC[N+](C)(C)C. The maximum absolute atomic E-state index is 12.8. The Morgan fingerprint density at radius 3 is 1.03 bits per heavy atom. The predicted molar refractivity (Wildman–Crippen MR) is 333 cm³/mol. The molecule has 0 fully saturated rings. The zero-order valence-corrected chi connectivity index (χ0v) is 52.8. The van der Waals surface area contributed by atoms with Crippen LogP contribution in [0.1, 0.15) is 309 Å². The Kier molecular flexibility index (Phi) is 57.6. The number of carbonyl (C=O) groups is 2. The fraction of sp³-hybridized carbons (Fsp3) is 0.824. The lowest BCUT2D eigenvalue weighted by atomic mass is 10.0. The van der Waals surface area contributed by atoms with Crippen molar-refractivity contribution in [3.63, 3.8) is 0 Å². The molecule has 0 aliphatic heterocycles. The fourth-order valence-corrected chi connectivity index (χ4v) is 10.1. The first-order chi connectivity index (χ1) is 38.0. The lowest BCUT2D eigenvalue weighted by Gasteiger charge is -2.28. The van der Waals surface area contributed by atoms with Crippen molar-refractivity contribution >= 4 is 19.8 Å². The molecule has 0 saturated carbocycles. The fourth-order valence-electron chi connectivity index (χ4n) is 9.40. The molecule has 2 atom stereocenters. The summed E-state index contributed by atoms with van der Waals surface area (Å²) in [6.45, 7) is 4.26. The van der Waals surface area contributed by atoms with Crippen molar-refractivity contribution in [1.82, 2.24) is 0 Å². The van der Waals surface area contributed by atoms with E-state index in [0.717, 1.165) is 57.8 Å². The van der Waals surface area contributed by atoms with Crippen LogP contribution in [0.2, 0.25) is 0 Å². The van der Waals surface area contributed by atoms with Gasteiger partial charge in [0.15, 0.2) is 6.10 Å². The van der Waals surface area contributed by atoms with Crippen LogP contribution < -0.4 is 4.89 Å². The van der Waals surface area contributed by atoms with E-state index in [-0.39, 0.29) is 32.0 Å². The number of hydrogen-bond donors (Lipinski definition) is 0. The lowest BCUT2D eigenvalue weighted by molar-refractivity contribution is -0.870. The van der Waals surface area contributed by atoms with E-state index < -0.39 is 26.5 Å². The van der Waals surface area contributed by atoms with Crippen LogP contribution in [0, 0.1) is 0 Å². The minimum absolute atomic E-state index is 0.0316. The van der Waals surface area contributed by atoms with Crippen LogP contribution in [-0.4, -0.2) is 70.0 Å². The van der Waals surface area contributed by atoms with Crippen LogP contribution in [0.15, 0.2) is 60.8 Å². The zero-order chi connectivity index (χ0) is 57.0. The van der Waals surface area contributed by atoms with Gasteiger partial charge >= 0.3 is 11.9 Å². The summed E-state index contributed by atoms with van der Waals surface area (Å²) in [5.74, 6) is -0.825. The number of phosphoric acid groups is 1. The first-order valence-corrected chi connectivity index (χ1v) is 34.5. The van der Waals surface area contributed by atoms with Crippen LogP contribution in [0.3, 0.4) is 0 Å². The molecule has 0 rings (SSSR count). The van der Waals surface area contributed by atoms with Gasteiger partial charge in [-0.1, -0.05) is 274 Å². The van der Waals surface area contributed by atoms with Gasteiger partial charge in [-0.05, 0) is 83.5 Å². The van der Waals surface area contributed by atoms with Crippen LogP contribution in [-0.2, 0) is 32.7 Å². The van der Waals surface area contributed by atoms with Gasteiger partial charge in [0, 0.05) is 12.8 Å². The number of likely N-dealkylation sites (N-methyl/N-ethyl adjacent to an activating group) is 1. The van der Waals surface area contributed by atoms with Gasteiger partial charge < -0.3 is 27.9 Å². The smallest absolute Gasteiger partial charge is 0.306 e. The second-order valence-corrected chi connectivity index (χ2v) is 24.9. The number of carbonyl (C=O) groups excluding carboxylic acids is 2. The number of phosphoric ester groups is 1. The molecular weight excluding hydrogens is 990 g/mol. The highest BCUT2D eigenvalue weighted by atomic mass is 31.2. The van der Waals surface area contributed by atoms with Crippen molar-refractivity contribution in [3.8, 4) is 0 Å². The summed E-state index contributed by atoms with van der Waals surface area (Å²) in [5, 5.41) is 0. The molecule has 0 aromatic heterocycles. The Morgan fingerprint density at radius 1 is 0.397 bits per heavy atom. The maximum Gasteiger partial charge on any atom is 0.306 e. The number of ether oxygens (including phenoxy) is 2. The first kappa shape index (κ1) is 75.7. The maximum atomic E-state index is 12.8. The predicted octanol–water partition coefficient (Wildman–Crippen LogP) is 20.4. The standard InChI is InChI=1S/C68H126NO8P/c1-6-8-10-12-14-16-18-20-22-24-26-28-30-32-34-36-38-40-42-44-46-48-50-52-54-56-58-60-67(70)74-64-66(65-76-78(72,73)75-63-62-69(3,4)5)77-68(71)61-59-57-55-53-51-49-47-45-43-41-39-37-35-33-31-29-27-25-23-21-19-17-15-13-11-9-7-2/h18-21,24-27,31,33,66H,6-17,22-23,28-30,32,34-65H2,1-5H3/b20-18-,21-19-,26-24-,27-25-,33-31-. The van der Waals surface area contributed by atoms with E-state index in [1.54, 1.807) is 0 Å². The Morgan fingerprint density at radius 2 is 0.692 bits per heavy atom. The van der Waals surface area contributed by atoms with Gasteiger partial charge in [0.1, 0.15) is 19.8 Å². The van der Waals surface area contributed by atoms with E-state index in [1.807, 2.05) is 21.1 Å². The Balaban J connectivity index is 4.08. The zero-order valence-electron chi connectivity index (χ0n) is 51.9. The molecule has 0 aromatic carbocycles. The summed E-state index contributed by atoms with van der Waals surface area (Å²) in [4.78, 5) is 38.0. The van der Waals surface area contributed by atoms with Gasteiger partial charge in [-0.25, -0.2) is 0 Å². The van der Waals surface area contributed by atoms with E-state index in [4.69, 9.17) is 18.5 Å². The van der Waals surface area contributed by atoms with Crippen molar-refractivity contribution in [2.24, 2.45) is 0 Å². The normalized spacial score (nSPS) is 13.6. The second kappa shape index (κ2) is 59.3. The van der Waals surface area contributed by atoms with Gasteiger partial charge in [-0.3, -0.25) is 14.2 Å². The highest BCUT2D eigenvalue weighted by Crippen LogP contribution is 2.38. The number of allylic oxidation sites excluding steroid dienone is 10. The van der Waals surface area contributed by atoms with E-state index in [2.05, 4.69) is 74.6 Å². The van der Waals surface area contributed by atoms with Crippen molar-refractivity contribution < 1.29 is 42.1 Å². The topological polar surface area (TPSA) is 111 Å². The van der Waals surface area contributed by atoms with E-state index >= 15 is 0 Å². The van der Waals surface area contributed by atoms with Gasteiger partial charge in [-0.15, -0.1) is 0 Å². The van der Waals surface area contributed by atoms with Crippen molar-refractivity contribution in [1.29, 1.82) is 0 Å². The van der Waals surface area contributed by atoms with Gasteiger partial charge in [0.25, 0.3) is 7.82 Å². The van der Waals surface area contributed by atoms with Crippen molar-refractivity contribution in [3.05, 3.63) is 60.8 Å². The summed E-state index contributed by atoms with van der Waals surface area (Å²) in [5.41, 5.74) is 0. The number of nitrogens with zero attached hydrogens (tertiary/aromatic N) is 1. The third-order valence-corrected chi connectivity index (χ3v) is 15.5. The molecule has 0 heterocycles. The number of rotatable bonds is 61. The lowest BCUT2D eigenvalue weighted by Crippen LogP contribution is -2.37. The number of hydrogen-bond acceptors (Lipinski definition) is 8. The van der Waals surface area contributed by atoms with Gasteiger partial charge in [0.2, 0.25) is 0 Å². The molecule has 78 heavy (non-hydrogen) atoms. The Hall–Kier alpha value is -2.29. The minimum atomic E-state index is -4.64. The molecule has 9 nitrogen and oxygen atoms in total. The van der Waals surface area contributed by atoms with E-state index in [9.17, 15) is 19.0 Å². The summed E-state index contributed by atoms with van der Waals surface area (Å²) in [7, 11) is 1.17. The monoisotopic (exact) mass is 1120 g/mol. The summed E-state index contributed by atoms with van der Waals surface area (Å²) in [6.07, 6.45) is 77.1. The van der Waals surface area contributed by atoms with Crippen LogP contribution in [0.4, 0.5) is 0 Å². The molecule has 0 aliphatic rings. The minimum Gasteiger partial charge on any atom is -0.756 e. The van der Waals surface area contributed by atoms with Crippen LogP contribution >= 0.6 is 7.82 Å². The molecule has 10 heteroatoms. The molecule has 0 bridgehead atoms. The van der Waals surface area contributed by atoms with E-state index in [1.165, 1.54) is 218 Å². The molecule has 0 N–H and O–H groups in total. The molecule has 0 saturated heterocycles. The Bertz CT molecular complexity index is 1500. The highest BCUT2D eigenvalue weighted by Gasteiger charge is 2.22. The molecule has 0 aliphatic carbocycles. The number of esters is 2. The third kappa shape index (κ3) is 62.9. The average molecular weight is 1120 g/mol. The molecular formula is C68H126NO8P. The van der Waals surface area contributed by atoms with E-state index in [0.29, 0.717) is 17.4 Å². The first-order valence-electron chi connectivity index (χ1n) is 33.0. The third-order valence-electron chi connectivity index (χ3n) is 14.5. The molecule has 0 radical (unpaired) electrons. The van der Waals surface area contributed by atoms with Crippen molar-refractivity contribution in [2.75, 3.05) is 47.5 Å². The van der Waals surface area contributed by atoms with Gasteiger partial charge in [0.05, 0.1) is 27.7 Å². The molecule has 0 aromatic rings. The molecule has 456 valence electrons.